The van der Waals surface area contributed by atoms with Crippen LogP contribution in [-0.4, -0.2) is 48.4 Å². The molecular formula is C22H25N3O4. The highest BCUT2D eigenvalue weighted by Gasteiger charge is 2.34. The molecule has 2 aromatic carbocycles. The summed E-state index contributed by atoms with van der Waals surface area (Å²) >= 11 is 0. The molecule has 0 spiro atoms. The van der Waals surface area contributed by atoms with E-state index < -0.39 is 0 Å². The Morgan fingerprint density at radius 2 is 1.79 bits per heavy atom. The molecular weight excluding hydrogens is 370 g/mol. The molecule has 2 N–H and O–H groups in total. The highest BCUT2D eigenvalue weighted by molar-refractivity contribution is 5.95. The van der Waals surface area contributed by atoms with Crippen molar-refractivity contribution >= 4 is 23.4 Å². The Kier molecular flexibility index (Phi) is 6.84. The van der Waals surface area contributed by atoms with Crippen LogP contribution in [0.5, 0.6) is 5.75 Å². The van der Waals surface area contributed by atoms with Gasteiger partial charge in [0.1, 0.15) is 5.75 Å². The summed E-state index contributed by atoms with van der Waals surface area (Å²) in [5.74, 6) is -0.324. The number of carbonyl (C=O) groups is 3. The molecule has 0 atom stereocenters. The summed E-state index contributed by atoms with van der Waals surface area (Å²) in [6.45, 7) is 1.57. The van der Waals surface area contributed by atoms with Crippen molar-refractivity contribution in [1.29, 1.82) is 0 Å². The lowest BCUT2D eigenvalue weighted by atomic mass is 10.2. The van der Waals surface area contributed by atoms with Gasteiger partial charge in [0.05, 0.1) is 13.1 Å². The predicted molar refractivity (Wildman–Crippen MR) is 109 cm³/mol. The lowest BCUT2D eigenvalue weighted by Gasteiger charge is -2.22. The summed E-state index contributed by atoms with van der Waals surface area (Å²) in [5.41, 5.74) is 1.71. The largest absolute Gasteiger partial charge is 0.484 e. The zero-order valence-corrected chi connectivity index (χ0v) is 16.4. The molecule has 1 fully saturated rings. The fourth-order valence-corrected chi connectivity index (χ4v) is 2.87. The molecule has 1 aliphatic rings. The van der Waals surface area contributed by atoms with Gasteiger partial charge >= 0.3 is 0 Å². The monoisotopic (exact) mass is 395 g/mol. The first-order valence-electron chi connectivity index (χ1n) is 9.62. The summed E-state index contributed by atoms with van der Waals surface area (Å²) < 4.78 is 5.50. The first-order valence-corrected chi connectivity index (χ1v) is 9.62. The second-order valence-electron chi connectivity index (χ2n) is 7.05. The molecule has 7 nitrogen and oxygen atoms in total. The fraction of sp³-hybridized carbons (Fsp3) is 0.318. The molecule has 152 valence electrons. The second-order valence-corrected chi connectivity index (χ2v) is 7.05. The highest BCUT2D eigenvalue weighted by Crippen LogP contribution is 2.26. The van der Waals surface area contributed by atoms with Crippen molar-refractivity contribution in [1.82, 2.24) is 10.2 Å². The number of hydrogen-bond acceptors (Lipinski definition) is 4. The summed E-state index contributed by atoms with van der Waals surface area (Å²) in [6, 6.07) is 16.5. The van der Waals surface area contributed by atoms with Crippen LogP contribution >= 0.6 is 0 Å². The summed E-state index contributed by atoms with van der Waals surface area (Å²) in [5, 5.41) is 5.31. The number of ether oxygens (including phenoxy) is 1. The third-order valence-electron chi connectivity index (χ3n) is 4.48. The van der Waals surface area contributed by atoms with E-state index >= 15 is 0 Å². The Balaban J connectivity index is 1.44. The Labute approximate surface area is 170 Å². The Morgan fingerprint density at radius 3 is 2.48 bits per heavy atom. The van der Waals surface area contributed by atoms with E-state index in [2.05, 4.69) is 10.6 Å². The van der Waals surface area contributed by atoms with Crippen molar-refractivity contribution in [3.8, 4) is 5.75 Å². The van der Waals surface area contributed by atoms with E-state index in [0.717, 1.165) is 18.4 Å². The number of para-hydroxylation sites is 1. The average Bonchev–Trinajstić information content (AvgIpc) is 3.54. The molecule has 2 aromatic rings. The Morgan fingerprint density at radius 1 is 1.03 bits per heavy atom. The fourth-order valence-electron chi connectivity index (χ4n) is 2.87. The van der Waals surface area contributed by atoms with Crippen molar-refractivity contribution in [3.05, 3.63) is 60.2 Å². The smallest absolute Gasteiger partial charge is 0.261 e. The van der Waals surface area contributed by atoms with Gasteiger partial charge in [-0.05, 0) is 49.6 Å². The van der Waals surface area contributed by atoms with Crippen LogP contribution in [0, 0.1) is 6.92 Å². The Bertz CT molecular complexity index is 865. The second kappa shape index (κ2) is 9.73. The molecule has 0 aliphatic heterocycles. The van der Waals surface area contributed by atoms with Gasteiger partial charge < -0.3 is 20.3 Å². The zero-order valence-electron chi connectivity index (χ0n) is 16.4. The van der Waals surface area contributed by atoms with Crippen molar-refractivity contribution in [2.24, 2.45) is 0 Å². The first kappa shape index (κ1) is 20.4. The van der Waals surface area contributed by atoms with E-state index in [1.165, 1.54) is 4.90 Å². The standard InChI is InChI=1S/C22H25N3O4/c1-16-6-5-7-17(12-16)24-20(26)13-23-21(27)14-25(18-10-11-18)22(28)15-29-19-8-3-2-4-9-19/h2-9,12,18H,10-11,13-15H2,1H3,(H,23,27)(H,24,26). The van der Waals surface area contributed by atoms with E-state index in [1.54, 1.807) is 18.2 Å². The summed E-state index contributed by atoms with van der Waals surface area (Å²) in [4.78, 5) is 38.3. The van der Waals surface area contributed by atoms with E-state index in [-0.39, 0.29) is 43.5 Å². The number of aryl methyl sites for hydroxylation is 1. The number of rotatable bonds is 9. The van der Waals surface area contributed by atoms with Crippen LogP contribution in [0.15, 0.2) is 54.6 Å². The van der Waals surface area contributed by atoms with Crippen LogP contribution in [0.25, 0.3) is 0 Å². The zero-order chi connectivity index (χ0) is 20.6. The van der Waals surface area contributed by atoms with Crippen LogP contribution in [0.1, 0.15) is 18.4 Å². The SMILES string of the molecule is Cc1cccc(NC(=O)CNC(=O)CN(C(=O)COc2ccccc2)C2CC2)c1. The van der Waals surface area contributed by atoms with Gasteiger partial charge in [0.25, 0.3) is 5.91 Å². The van der Waals surface area contributed by atoms with Gasteiger partial charge in [0.15, 0.2) is 6.61 Å². The predicted octanol–water partition coefficient (Wildman–Crippen LogP) is 2.12. The van der Waals surface area contributed by atoms with E-state index in [1.807, 2.05) is 43.3 Å². The van der Waals surface area contributed by atoms with Crippen LogP contribution in [0.3, 0.4) is 0 Å². The van der Waals surface area contributed by atoms with Crippen molar-refractivity contribution in [2.45, 2.75) is 25.8 Å². The average molecular weight is 395 g/mol. The third kappa shape index (κ3) is 6.64. The molecule has 0 aromatic heterocycles. The molecule has 3 amide bonds. The van der Waals surface area contributed by atoms with Gasteiger partial charge in [0.2, 0.25) is 11.8 Å². The van der Waals surface area contributed by atoms with Gasteiger partial charge in [-0.2, -0.15) is 0 Å². The molecule has 1 saturated carbocycles. The van der Waals surface area contributed by atoms with E-state index in [9.17, 15) is 14.4 Å². The first-order chi connectivity index (χ1) is 14.0. The van der Waals surface area contributed by atoms with Crippen molar-refractivity contribution in [3.63, 3.8) is 0 Å². The number of amides is 3. The summed E-state index contributed by atoms with van der Waals surface area (Å²) in [7, 11) is 0. The number of carbonyl (C=O) groups excluding carboxylic acids is 3. The number of nitrogens with one attached hydrogen (secondary N) is 2. The maximum absolute atomic E-state index is 12.5. The molecule has 1 aliphatic carbocycles. The summed E-state index contributed by atoms with van der Waals surface area (Å²) in [6.07, 6.45) is 1.75. The molecule has 29 heavy (non-hydrogen) atoms. The van der Waals surface area contributed by atoms with E-state index in [0.29, 0.717) is 11.4 Å². The Hall–Kier alpha value is -3.35. The molecule has 0 saturated heterocycles. The van der Waals surface area contributed by atoms with Gasteiger partial charge in [-0.3, -0.25) is 14.4 Å². The van der Waals surface area contributed by atoms with Gasteiger partial charge in [-0.25, -0.2) is 0 Å². The third-order valence-corrected chi connectivity index (χ3v) is 4.48. The van der Waals surface area contributed by atoms with Crippen LogP contribution in [0.2, 0.25) is 0 Å². The molecule has 0 radical (unpaired) electrons. The van der Waals surface area contributed by atoms with Crippen molar-refractivity contribution < 1.29 is 19.1 Å². The lowest BCUT2D eigenvalue weighted by Crippen LogP contribution is -2.45. The van der Waals surface area contributed by atoms with Crippen molar-refractivity contribution in [2.75, 3.05) is 25.0 Å². The highest BCUT2D eigenvalue weighted by atomic mass is 16.5. The number of anilines is 1. The molecule has 0 heterocycles. The number of nitrogens with zero attached hydrogens (tertiary/aromatic N) is 1. The van der Waals surface area contributed by atoms with Gasteiger partial charge in [-0.15, -0.1) is 0 Å². The normalized spacial score (nSPS) is 12.7. The topological polar surface area (TPSA) is 87.7 Å². The quantitative estimate of drug-likeness (QED) is 0.681. The molecule has 7 heteroatoms. The minimum atomic E-state index is -0.371. The lowest BCUT2D eigenvalue weighted by molar-refractivity contribution is -0.138. The maximum Gasteiger partial charge on any atom is 0.261 e. The minimum absolute atomic E-state index is 0.0637. The minimum Gasteiger partial charge on any atom is -0.484 e. The number of hydrogen-bond donors (Lipinski definition) is 2. The van der Waals surface area contributed by atoms with Crippen LogP contribution in [-0.2, 0) is 14.4 Å². The number of benzene rings is 2. The van der Waals surface area contributed by atoms with Crippen LogP contribution in [0.4, 0.5) is 5.69 Å². The molecule has 0 bridgehead atoms. The van der Waals surface area contributed by atoms with Gasteiger partial charge in [-0.1, -0.05) is 30.3 Å². The maximum atomic E-state index is 12.5. The molecule has 3 rings (SSSR count). The van der Waals surface area contributed by atoms with Gasteiger partial charge in [0, 0.05) is 11.7 Å². The molecule has 0 unspecified atom stereocenters. The van der Waals surface area contributed by atoms with Crippen LogP contribution < -0.4 is 15.4 Å². The van der Waals surface area contributed by atoms with E-state index in [4.69, 9.17) is 4.74 Å².